The molecule has 0 radical (unpaired) electrons. The molecule has 0 spiro atoms. The molecule has 3 aromatic rings. The molecule has 0 aliphatic carbocycles. The lowest BCUT2D eigenvalue weighted by atomic mass is 10.1. The number of carbonyl (C=O) groups is 2. The van der Waals surface area contributed by atoms with Crippen LogP contribution in [0.1, 0.15) is 30.1 Å². The topological polar surface area (TPSA) is 111 Å². The van der Waals surface area contributed by atoms with E-state index in [1.54, 1.807) is 6.07 Å². The highest BCUT2D eigenvalue weighted by Gasteiger charge is 2.22. The minimum atomic E-state index is -3.73. The van der Waals surface area contributed by atoms with Gasteiger partial charge >= 0.3 is 5.97 Å². The molecule has 0 bridgehead atoms. The van der Waals surface area contributed by atoms with Gasteiger partial charge in [0.05, 0.1) is 16.6 Å². The summed E-state index contributed by atoms with van der Waals surface area (Å²) in [6, 6.07) is 18.6. The van der Waals surface area contributed by atoms with Gasteiger partial charge in [-0.3, -0.25) is 4.79 Å². The van der Waals surface area contributed by atoms with Crippen LogP contribution in [0.15, 0.2) is 71.6 Å². The van der Waals surface area contributed by atoms with Crippen LogP contribution >= 0.6 is 0 Å². The number of ether oxygens (including phenoxy) is 2. The Balaban J connectivity index is 1.35. The number of amides is 1. The molecule has 3 aromatic carbocycles. The summed E-state index contributed by atoms with van der Waals surface area (Å²) in [5.41, 5.74) is 0.763. The molecule has 1 saturated heterocycles. The fraction of sp³-hybridized carbons (Fsp3) is 0.280. The van der Waals surface area contributed by atoms with Gasteiger partial charge in [-0.1, -0.05) is 36.4 Å². The number of nitrogens with one attached hydrogen (secondary N) is 2. The van der Waals surface area contributed by atoms with Crippen LogP contribution in [0.5, 0.6) is 0 Å². The van der Waals surface area contributed by atoms with E-state index in [1.807, 2.05) is 36.4 Å². The molecule has 1 amide bonds. The van der Waals surface area contributed by atoms with Crippen LogP contribution in [0.4, 0.5) is 5.69 Å². The van der Waals surface area contributed by atoms with Crippen molar-refractivity contribution in [2.45, 2.75) is 36.9 Å². The zero-order valence-electron chi connectivity index (χ0n) is 18.7. The van der Waals surface area contributed by atoms with E-state index >= 15 is 0 Å². The summed E-state index contributed by atoms with van der Waals surface area (Å²) < 4.78 is 38.2. The first-order valence-electron chi connectivity index (χ1n) is 11.0. The minimum Gasteiger partial charge on any atom is -0.449 e. The summed E-state index contributed by atoms with van der Waals surface area (Å²) in [4.78, 5) is 25.1. The number of benzene rings is 3. The van der Waals surface area contributed by atoms with E-state index in [-0.39, 0.29) is 23.1 Å². The summed E-state index contributed by atoms with van der Waals surface area (Å²) in [7, 11) is -3.73. The Morgan fingerprint density at radius 1 is 1.06 bits per heavy atom. The van der Waals surface area contributed by atoms with E-state index in [9.17, 15) is 18.0 Å². The van der Waals surface area contributed by atoms with Crippen molar-refractivity contribution in [2.24, 2.45) is 0 Å². The van der Waals surface area contributed by atoms with Gasteiger partial charge in [0, 0.05) is 24.2 Å². The molecule has 8 nitrogen and oxygen atoms in total. The van der Waals surface area contributed by atoms with Gasteiger partial charge in [0.15, 0.2) is 6.10 Å². The quantitative estimate of drug-likeness (QED) is 0.476. The molecule has 1 fully saturated rings. The Bertz CT molecular complexity index is 1280. The molecule has 34 heavy (non-hydrogen) atoms. The van der Waals surface area contributed by atoms with Crippen molar-refractivity contribution in [3.8, 4) is 0 Å². The van der Waals surface area contributed by atoms with Crippen molar-refractivity contribution in [3.63, 3.8) is 0 Å². The SMILES string of the molecule is CC(OC(=O)c1ccc(S(=O)(=O)NCC2CCCO2)cc1)C(=O)Nc1cccc2ccccc12. The van der Waals surface area contributed by atoms with Crippen LogP contribution in [0.25, 0.3) is 10.8 Å². The maximum Gasteiger partial charge on any atom is 0.338 e. The fourth-order valence-corrected chi connectivity index (χ4v) is 4.78. The predicted octanol–water partition coefficient (Wildman–Crippen LogP) is 3.48. The number of hydrogen-bond donors (Lipinski definition) is 2. The summed E-state index contributed by atoms with van der Waals surface area (Å²) in [5, 5.41) is 4.65. The second-order valence-electron chi connectivity index (χ2n) is 8.07. The molecule has 4 rings (SSSR count). The van der Waals surface area contributed by atoms with Crippen LogP contribution in [0.3, 0.4) is 0 Å². The zero-order chi connectivity index (χ0) is 24.1. The average molecular weight is 483 g/mol. The van der Waals surface area contributed by atoms with Crippen LogP contribution < -0.4 is 10.0 Å². The molecule has 1 aliphatic heterocycles. The monoisotopic (exact) mass is 482 g/mol. The van der Waals surface area contributed by atoms with Crippen molar-refractivity contribution in [1.29, 1.82) is 0 Å². The van der Waals surface area contributed by atoms with Gasteiger partial charge in [0.1, 0.15) is 0 Å². The van der Waals surface area contributed by atoms with Crippen molar-refractivity contribution < 1.29 is 27.5 Å². The normalized spacial score (nSPS) is 16.8. The molecule has 178 valence electrons. The van der Waals surface area contributed by atoms with Crippen molar-refractivity contribution in [1.82, 2.24) is 4.72 Å². The lowest BCUT2D eigenvalue weighted by molar-refractivity contribution is -0.123. The molecule has 0 aromatic heterocycles. The molecular weight excluding hydrogens is 456 g/mol. The van der Waals surface area contributed by atoms with Gasteiger partial charge in [-0.25, -0.2) is 17.9 Å². The maximum atomic E-state index is 12.6. The van der Waals surface area contributed by atoms with Crippen molar-refractivity contribution in [3.05, 3.63) is 72.3 Å². The number of esters is 1. The third-order valence-corrected chi connectivity index (χ3v) is 7.07. The smallest absolute Gasteiger partial charge is 0.338 e. The Labute approximate surface area is 198 Å². The summed E-state index contributed by atoms with van der Waals surface area (Å²) >= 11 is 0. The molecule has 0 saturated carbocycles. The van der Waals surface area contributed by atoms with E-state index < -0.39 is 28.0 Å². The summed E-state index contributed by atoms with van der Waals surface area (Å²) in [5.74, 6) is -1.20. The molecule has 9 heteroatoms. The van der Waals surface area contributed by atoms with Crippen LogP contribution in [-0.4, -0.2) is 45.7 Å². The first kappa shape index (κ1) is 23.9. The highest BCUT2D eigenvalue weighted by molar-refractivity contribution is 7.89. The lowest BCUT2D eigenvalue weighted by Gasteiger charge is -2.15. The third kappa shape index (κ3) is 5.61. The Morgan fingerprint density at radius 2 is 1.79 bits per heavy atom. The van der Waals surface area contributed by atoms with Gasteiger partial charge in [-0.2, -0.15) is 0 Å². The van der Waals surface area contributed by atoms with Gasteiger partial charge < -0.3 is 14.8 Å². The van der Waals surface area contributed by atoms with Crippen molar-refractivity contribution in [2.75, 3.05) is 18.5 Å². The molecular formula is C25H26N2O6S. The van der Waals surface area contributed by atoms with E-state index in [0.29, 0.717) is 12.3 Å². The largest absolute Gasteiger partial charge is 0.449 e. The molecule has 1 aliphatic rings. The third-order valence-electron chi connectivity index (χ3n) is 5.63. The Kier molecular flexibility index (Phi) is 7.26. The van der Waals surface area contributed by atoms with Crippen LogP contribution in [-0.2, 0) is 24.3 Å². The highest BCUT2D eigenvalue weighted by atomic mass is 32.2. The highest BCUT2D eigenvalue weighted by Crippen LogP contribution is 2.23. The van der Waals surface area contributed by atoms with Gasteiger partial charge in [0.2, 0.25) is 10.0 Å². The minimum absolute atomic E-state index is 0.0313. The van der Waals surface area contributed by atoms with E-state index in [1.165, 1.54) is 31.2 Å². The zero-order valence-corrected chi connectivity index (χ0v) is 19.5. The summed E-state index contributed by atoms with van der Waals surface area (Å²) in [6.45, 7) is 2.32. The average Bonchev–Trinajstić information content (AvgIpc) is 3.37. The molecule has 2 atom stereocenters. The standard InChI is InChI=1S/C25H26N2O6S/c1-17(24(28)27-23-10-4-7-18-6-2-3-9-22(18)23)33-25(29)19-11-13-21(14-12-19)34(30,31)26-16-20-8-5-15-32-20/h2-4,6-7,9-14,17,20,26H,5,8,15-16H2,1H3,(H,27,28). The number of carbonyl (C=O) groups excluding carboxylic acids is 2. The van der Waals surface area contributed by atoms with Gasteiger partial charge in [-0.05, 0) is 55.5 Å². The number of sulfonamides is 1. The molecule has 2 N–H and O–H groups in total. The number of anilines is 1. The number of hydrogen-bond acceptors (Lipinski definition) is 6. The first-order valence-corrected chi connectivity index (χ1v) is 12.5. The Morgan fingerprint density at radius 3 is 2.53 bits per heavy atom. The second-order valence-corrected chi connectivity index (χ2v) is 9.84. The molecule has 2 unspecified atom stereocenters. The second kappa shape index (κ2) is 10.3. The summed E-state index contributed by atoms with van der Waals surface area (Å²) in [6.07, 6.45) is 0.565. The van der Waals surface area contributed by atoms with Crippen LogP contribution in [0, 0.1) is 0 Å². The van der Waals surface area contributed by atoms with E-state index in [2.05, 4.69) is 10.0 Å². The van der Waals surface area contributed by atoms with E-state index in [4.69, 9.17) is 9.47 Å². The Hall–Kier alpha value is -3.27. The molecule has 1 heterocycles. The number of fused-ring (bicyclic) bond motifs is 1. The van der Waals surface area contributed by atoms with Gasteiger partial charge in [-0.15, -0.1) is 0 Å². The lowest BCUT2D eigenvalue weighted by Crippen LogP contribution is -2.32. The predicted molar refractivity (Wildman–Crippen MR) is 128 cm³/mol. The van der Waals surface area contributed by atoms with Crippen LogP contribution in [0.2, 0.25) is 0 Å². The first-order chi connectivity index (χ1) is 16.3. The maximum absolute atomic E-state index is 12.6. The fourth-order valence-electron chi connectivity index (χ4n) is 3.71. The van der Waals surface area contributed by atoms with E-state index in [0.717, 1.165) is 23.6 Å². The van der Waals surface area contributed by atoms with Gasteiger partial charge in [0.25, 0.3) is 5.91 Å². The number of rotatable bonds is 8. The van der Waals surface area contributed by atoms with Crippen molar-refractivity contribution >= 4 is 38.4 Å².